The molecule has 5 nitrogen and oxygen atoms in total. The van der Waals surface area contributed by atoms with Crippen LogP contribution in [0.25, 0.3) is 0 Å². The summed E-state index contributed by atoms with van der Waals surface area (Å²) in [6.45, 7) is 5.83. The molecular weight excluding hydrogens is 304 g/mol. The summed E-state index contributed by atoms with van der Waals surface area (Å²) in [4.78, 5) is 14.7. The summed E-state index contributed by atoms with van der Waals surface area (Å²) in [7, 11) is 1.64. The number of hydrogen-bond donors (Lipinski definition) is 0. The van der Waals surface area contributed by atoms with Crippen LogP contribution in [0.4, 0.5) is 0 Å². The monoisotopic (exact) mass is 328 g/mol. The minimum absolute atomic E-state index is 0.0397. The summed E-state index contributed by atoms with van der Waals surface area (Å²) in [6.07, 6.45) is 1.59. The number of nitrogens with zero attached hydrogens (tertiary/aromatic N) is 2. The Morgan fingerprint density at radius 1 is 1.29 bits per heavy atom. The maximum Gasteiger partial charge on any atom is 0.252 e. The Morgan fingerprint density at radius 3 is 2.92 bits per heavy atom. The van der Waals surface area contributed by atoms with Crippen molar-refractivity contribution in [2.45, 2.75) is 39.1 Å². The number of benzene rings is 1. The molecule has 3 rings (SSSR count). The second kappa shape index (κ2) is 7.09. The van der Waals surface area contributed by atoms with Gasteiger partial charge in [-0.25, -0.2) is 0 Å². The first-order chi connectivity index (χ1) is 11.6. The van der Waals surface area contributed by atoms with Crippen molar-refractivity contribution < 1.29 is 14.3 Å². The van der Waals surface area contributed by atoms with Crippen LogP contribution in [0.5, 0.6) is 5.75 Å². The van der Waals surface area contributed by atoms with Crippen molar-refractivity contribution in [1.29, 1.82) is 0 Å². The van der Waals surface area contributed by atoms with Gasteiger partial charge >= 0.3 is 0 Å². The molecule has 0 N–H and O–H groups in total. The van der Waals surface area contributed by atoms with E-state index in [4.69, 9.17) is 9.47 Å². The van der Waals surface area contributed by atoms with Gasteiger partial charge in [0.05, 0.1) is 19.8 Å². The normalized spacial score (nSPS) is 18.1. The highest BCUT2D eigenvalue weighted by Gasteiger charge is 2.30. The van der Waals surface area contributed by atoms with Gasteiger partial charge in [0.25, 0.3) is 5.91 Å². The molecule has 0 radical (unpaired) electrons. The number of ether oxygens (including phenoxy) is 2. The zero-order valence-corrected chi connectivity index (χ0v) is 14.4. The second-order valence-corrected chi connectivity index (χ2v) is 6.14. The lowest BCUT2D eigenvalue weighted by Gasteiger charge is -2.36. The SMILES string of the molecule is COc1cccc(CO[C@H](C)C(=O)N2CCn3cccc3[C@@H]2C)c1. The third-order valence-electron chi connectivity index (χ3n) is 4.61. The molecule has 1 aromatic heterocycles. The van der Waals surface area contributed by atoms with Crippen LogP contribution in [-0.2, 0) is 22.7 Å². The molecule has 5 heteroatoms. The minimum atomic E-state index is -0.472. The highest BCUT2D eigenvalue weighted by molar-refractivity contribution is 5.81. The largest absolute Gasteiger partial charge is 0.497 e. The van der Waals surface area contributed by atoms with E-state index >= 15 is 0 Å². The number of aromatic nitrogens is 1. The molecular formula is C19H24N2O3. The molecule has 0 spiro atoms. The molecule has 1 aliphatic heterocycles. The molecule has 0 fully saturated rings. The average molecular weight is 328 g/mol. The van der Waals surface area contributed by atoms with Gasteiger partial charge in [-0.15, -0.1) is 0 Å². The quantitative estimate of drug-likeness (QED) is 0.847. The summed E-state index contributed by atoms with van der Waals surface area (Å²) in [5, 5.41) is 0. The molecule has 2 atom stereocenters. The Bertz CT molecular complexity index is 710. The highest BCUT2D eigenvalue weighted by Crippen LogP contribution is 2.26. The van der Waals surface area contributed by atoms with E-state index in [0.717, 1.165) is 17.9 Å². The maximum absolute atomic E-state index is 12.8. The average Bonchev–Trinajstić information content (AvgIpc) is 3.09. The molecule has 1 aromatic carbocycles. The lowest BCUT2D eigenvalue weighted by molar-refractivity contribution is -0.146. The predicted octanol–water partition coefficient (Wildman–Crippen LogP) is 3.01. The standard InChI is InChI=1S/C19H24N2O3/c1-14-18-8-5-9-20(18)10-11-21(14)19(22)15(2)24-13-16-6-4-7-17(12-16)23-3/h4-9,12,14-15H,10-11,13H2,1-3H3/t14-,15+/m0/s1. The van der Waals surface area contributed by atoms with Crippen LogP contribution >= 0.6 is 0 Å². The molecule has 2 heterocycles. The third kappa shape index (κ3) is 3.31. The van der Waals surface area contributed by atoms with Crippen molar-refractivity contribution in [3.05, 3.63) is 53.9 Å². The van der Waals surface area contributed by atoms with Crippen molar-refractivity contribution in [2.75, 3.05) is 13.7 Å². The second-order valence-electron chi connectivity index (χ2n) is 6.14. The molecule has 1 amide bonds. The smallest absolute Gasteiger partial charge is 0.252 e. The molecule has 24 heavy (non-hydrogen) atoms. The first kappa shape index (κ1) is 16.6. The van der Waals surface area contributed by atoms with Crippen LogP contribution in [0.2, 0.25) is 0 Å². The molecule has 1 aliphatic rings. The number of rotatable bonds is 5. The fraction of sp³-hybridized carbons (Fsp3) is 0.421. The van der Waals surface area contributed by atoms with E-state index in [0.29, 0.717) is 13.2 Å². The Labute approximate surface area is 142 Å². The third-order valence-corrected chi connectivity index (χ3v) is 4.61. The molecule has 0 bridgehead atoms. The molecule has 0 unspecified atom stereocenters. The van der Waals surface area contributed by atoms with E-state index in [1.807, 2.05) is 42.2 Å². The number of methoxy groups -OCH3 is 1. The first-order valence-electron chi connectivity index (χ1n) is 8.30. The summed E-state index contributed by atoms with van der Waals surface area (Å²) < 4.78 is 13.2. The number of amides is 1. The van der Waals surface area contributed by atoms with E-state index in [1.54, 1.807) is 7.11 Å². The fourth-order valence-corrected chi connectivity index (χ4v) is 3.17. The van der Waals surface area contributed by atoms with Gasteiger partial charge in [-0.1, -0.05) is 12.1 Å². The number of hydrogen-bond acceptors (Lipinski definition) is 3. The Balaban J connectivity index is 1.61. The van der Waals surface area contributed by atoms with Crippen LogP contribution in [0, 0.1) is 0 Å². The van der Waals surface area contributed by atoms with Gasteiger partial charge < -0.3 is 18.9 Å². The zero-order chi connectivity index (χ0) is 17.1. The fourth-order valence-electron chi connectivity index (χ4n) is 3.17. The van der Waals surface area contributed by atoms with Crippen molar-refractivity contribution in [2.24, 2.45) is 0 Å². The zero-order valence-electron chi connectivity index (χ0n) is 14.4. The van der Waals surface area contributed by atoms with E-state index in [1.165, 1.54) is 5.69 Å². The molecule has 0 saturated carbocycles. The van der Waals surface area contributed by atoms with E-state index < -0.39 is 6.10 Å². The van der Waals surface area contributed by atoms with Crippen LogP contribution in [0.15, 0.2) is 42.6 Å². The van der Waals surface area contributed by atoms with Gasteiger partial charge in [0, 0.05) is 25.0 Å². The number of fused-ring (bicyclic) bond motifs is 1. The Kier molecular flexibility index (Phi) is 4.90. The number of carbonyl (C=O) groups excluding carboxylic acids is 1. The first-order valence-corrected chi connectivity index (χ1v) is 8.30. The topological polar surface area (TPSA) is 43.7 Å². The van der Waals surface area contributed by atoms with Crippen LogP contribution in [0.3, 0.4) is 0 Å². The van der Waals surface area contributed by atoms with Gasteiger partial charge in [0.15, 0.2) is 0 Å². The molecule has 128 valence electrons. The van der Waals surface area contributed by atoms with Gasteiger partial charge in [-0.05, 0) is 43.7 Å². The molecule has 0 aliphatic carbocycles. The summed E-state index contributed by atoms with van der Waals surface area (Å²) in [5.74, 6) is 0.832. The molecule has 0 saturated heterocycles. The predicted molar refractivity (Wildman–Crippen MR) is 91.8 cm³/mol. The van der Waals surface area contributed by atoms with E-state index in [-0.39, 0.29) is 11.9 Å². The maximum atomic E-state index is 12.8. The van der Waals surface area contributed by atoms with Crippen LogP contribution < -0.4 is 4.74 Å². The van der Waals surface area contributed by atoms with Crippen LogP contribution in [-0.4, -0.2) is 35.1 Å². The molecule has 2 aromatic rings. The number of carbonyl (C=O) groups is 1. The Hall–Kier alpha value is -2.27. The van der Waals surface area contributed by atoms with E-state index in [2.05, 4.69) is 23.8 Å². The minimum Gasteiger partial charge on any atom is -0.497 e. The van der Waals surface area contributed by atoms with Gasteiger partial charge in [-0.2, -0.15) is 0 Å². The highest BCUT2D eigenvalue weighted by atomic mass is 16.5. The summed E-state index contributed by atoms with van der Waals surface area (Å²) in [5.41, 5.74) is 2.17. The summed E-state index contributed by atoms with van der Waals surface area (Å²) >= 11 is 0. The van der Waals surface area contributed by atoms with E-state index in [9.17, 15) is 4.79 Å². The Morgan fingerprint density at radius 2 is 2.12 bits per heavy atom. The van der Waals surface area contributed by atoms with Crippen LogP contribution in [0.1, 0.15) is 31.1 Å². The van der Waals surface area contributed by atoms with Crippen molar-refractivity contribution in [3.8, 4) is 5.75 Å². The van der Waals surface area contributed by atoms with Gasteiger partial charge in [0.2, 0.25) is 0 Å². The van der Waals surface area contributed by atoms with Gasteiger partial charge in [0.1, 0.15) is 11.9 Å². The lowest BCUT2D eigenvalue weighted by Crippen LogP contribution is -2.45. The van der Waals surface area contributed by atoms with Gasteiger partial charge in [-0.3, -0.25) is 4.79 Å². The van der Waals surface area contributed by atoms with Crippen molar-refractivity contribution >= 4 is 5.91 Å². The lowest BCUT2D eigenvalue weighted by atomic mass is 10.1. The van der Waals surface area contributed by atoms with Crippen molar-refractivity contribution in [1.82, 2.24) is 9.47 Å². The summed E-state index contributed by atoms with van der Waals surface area (Å²) in [6, 6.07) is 11.9. The van der Waals surface area contributed by atoms with Crippen molar-refractivity contribution in [3.63, 3.8) is 0 Å².